The van der Waals surface area contributed by atoms with Crippen molar-refractivity contribution in [2.45, 2.75) is 19.6 Å². The van der Waals surface area contributed by atoms with E-state index in [-0.39, 0.29) is 11.7 Å². The maximum Gasteiger partial charge on any atom is 0.263 e. The van der Waals surface area contributed by atoms with Crippen molar-refractivity contribution in [1.29, 1.82) is 0 Å². The molecule has 0 bridgehead atoms. The van der Waals surface area contributed by atoms with Gasteiger partial charge >= 0.3 is 0 Å². The number of ether oxygens (including phenoxy) is 2. The van der Waals surface area contributed by atoms with E-state index < -0.39 is 6.10 Å². The van der Waals surface area contributed by atoms with Crippen LogP contribution in [0, 0.1) is 5.82 Å². The lowest BCUT2D eigenvalue weighted by atomic mass is 10.2. The quantitative estimate of drug-likeness (QED) is 0.886. The average Bonchev–Trinajstić information content (AvgIpc) is 2.47. The number of amides is 1. The zero-order valence-corrected chi connectivity index (χ0v) is 12.4. The Morgan fingerprint density at radius 2 is 2.14 bits per heavy atom. The smallest absolute Gasteiger partial charge is 0.263 e. The van der Waals surface area contributed by atoms with Gasteiger partial charge in [0.25, 0.3) is 5.91 Å². The fraction of sp³-hybridized carbons (Fsp3) is 0.533. The maximum atomic E-state index is 13.5. The fourth-order valence-electron chi connectivity index (χ4n) is 2.29. The largest absolute Gasteiger partial charge is 0.481 e. The molecule has 0 aliphatic carbocycles. The summed E-state index contributed by atoms with van der Waals surface area (Å²) in [5.74, 6) is -0.101. The van der Waals surface area contributed by atoms with Crippen LogP contribution in [-0.4, -0.2) is 50.3 Å². The summed E-state index contributed by atoms with van der Waals surface area (Å²) in [6.45, 7) is 4.46. The van der Waals surface area contributed by atoms with Crippen molar-refractivity contribution in [1.82, 2.24) is 10.2 Å². The summed E-state index contributed by atoms with van der Waals surface area (Å²) in [7, 11) is 1.79. The van der Waals surface area contributed by atoms with Gasteiger partial charge in [-0.2, -0.15) is 0 Å². The Kier molecular flexibility index (Phi) is 5.52. The first-order valence-electron chi connectivity index (χ1n) is 7.07. The molecule has 1 atom stereocenters. The van der Waals surface area contributed by atoms with Gasteiger partial charge in [0, 0.05) is 25.7 Å². The molecule has 5 nitrogen and oxygen atoms in total. The van der Waals surface area contributed by atoms with Gasteiger partial charge in [-0.25, -0.2) is 4.39 Å². The third-order valence-corrected chi connectivity index (χ3v) is 3.30. The number of hydrogen-bond acceptors (Lipinski definition) is 4. The van der Waals surface area contributed by atoms with Crippen LogP contribution in [0.4, 0.5) is 4.39 Å². The van der Waals surface area contributed by atoms with E-state index in [0.29, 0.717) is 38.6 Å². The Morgan fingerprint density at radius 3 is 2.81 bits per heavy atom. The Labute approximate surface area is 124 Å². The average molecular weight is 296 g/mol. The zero-order chi connectivity index (χ0) is 15.2. The minimum Gasteiger partial charge on any atom is -0.481 e. The number of halogens is 1. The predicted octanol–water partition coefficient (Wildman–Crippen LogP) is 1.17. The van der Waals surface area contributed by atoms with E-state index in [1.54, 1.807) is 24.9 Å². The van der Waals surface area contributed by atoms with Crippen molar-refractivity contribution in [3.05, 3.63) is 29.6 Å². The van der Waals surface area contributed by atoms with E-state index in [2.05, 4.69) is 5.32 Å². The van der Waals surface area contributed by atoms with Crippen LogP contribution < -0.4 is 10.1 Å². The Hall–Kier alpha value is -1.66. The summed E-state index contributed by atoms with van der Waals surface area (Å²) in [5.41, 5.74) is 0.776. The fourth-order valence-corrected chi connectivity index (χ4v) is 2.29. The highest BCUT2D eigenvalue weighted by Gasteiger charge is 2.23. The van der Waals surface area contributed by atoms with Crippen molar-refractivity contribution in [2.75, 3.05) is 33.4 Å². The second-order valence-electron chi connectivity index (χ2n) is 5.02. The monoisotopic (exact) mass is 296 g/mol. The molecule has 1 aromatic carbocycles. The SMILES string of the molecule is CNCc1cc(F)cc(OC(C)C(=O)N2CCOCC2)c1. The first kappa shape index (κ1) is 15.7. The van der Waals surface area contributed by atoms with Gasteiger partial charge in [0.2, 0.25) is 0 Å². The predicted molar refractivity (Wildman–Crippen MR) is 76.7 cm³/mol. The van der Waals surface area contributed by atoms with Gasteiger partial charge in [-0.3, -0.25) is 4.79 Å². The Bertz CT molecular complexity index is 490. The molecule has 1 heterocycles. The normalized spacial score (nSPS) is 16.6. The molecule has 116 valence electrons. The molecule has 0 saturated carbocycles. The topological polar surface area (TPSA) is 50.8 Å². The number of hydrogen-bond donors (Lipinski definition) is 1. The number of carbonyl (C=O) groups excluding carboxylic acids is 1. The van der Waals surface area contributed by atoms with Crippen molar-refractivity contribution in [3.63, 3.8) is 0 Å². The molecular weight excluding hydrogens is 275 g/mol. The summed E-state index contributed by atoms with van der Waals surface area (Å²) in [4.78, 5) is 13.9. The van der Waals surface area contributed by atoms with Crippen LogP contribution >= 0.6 is 0 Å². The highest BCUT2D eigenvalue weighted by molar-refractivity contribution is 5.81. The molecule has 6 heteroatoms. The molecule has 0 radical (unpaired) electrons. The van der Waals surface area contributed by atoms with E-state index in [1.807, 2.05) is 0 Å². The molecule has 0 spiro atoms. The number of carbonyl (C=O) groups is 1. The first-order chi connectivity index (χ1) is 10.1. The molecule has 1 aliphatic heterocycles. The van der Waals surface area contributed by atoms with Gasteiger partial charge in [0.15, 0.2) is 6.10 Å². The third kappa shape index (κ3) is 4.41. The van der Waals surface area contributed by atoms with Gasteiger partial charge in [-0.1, -0.05) is 0 Å². The van der Waals surface area contributed by atoms with Crippen LogP contribution in [0.2, 0.25) is 0 Å². The number of nitrogens with zero attached hydrogens (tertiary/aromatic N) is 1. The number of nitrogens with one attached hydrogen (secondary N) is 1. The zero-order valence-electron chi connectivity index (χ0n) is 12.4. The number of rotatable bonds is 5. The second kappa shape index (κ2) is 7.38. The maximum absolute atomic E-state index is 13.5. The van der Waals surface area contributed by atoms with Gasteiger partial charge in [0.05, 0.1) is 13.2 Å². The lowest BCUT2D eigenvalue weighted by molar-refractivity contribution is -0.142. The van der Waals surface area contributed by atoms with Crippen LogP contribution in [0.25, 0.3) is 0 Å². The number of benzene rings is 1. The van der Waals surface area contributed by atoms with Gasteiger partial charge in [-0.15, -0.1) is 0 Å². The van der Waals surface area contributed by atoms with E-state index in [9.17, 15) is 9.18 Å². The second-order valence-corrected chi connectivity index (χ2v) is 5.02. The summed E-state index contributed by atoms with van der Waals surface area (Å²) in [6.07, 6.45) is -0.646. The molecule has 1 saturated heterocycles. The van der Waals surface area contributed by atoms with Crippen molar-refractivity contribution < 1.29 is 18.7 Å². The highest BCUT2D eigenvalue weighted by Crippen LogP contribution is 2.18. The Morgan fingerprint density at radius 1 is 1.43 bits per heavy atom. The lowest BCUT2D eigenvalue weighted by Crippen LogP contribution is -2.46. The molecule has 0 aromatic heterocycles. The summed E-state index contributed by atoms with van der Waals surface area (Å²) < 4.78 is 24.3. The van der Waals surface area contributed by atoms with Crippen molar-refractivity contribution in [3.8, 4) is 5.75 Å². The lowest BCUT2D eigenvalue weighted by Gasteiger charge is -2.29. The molecule has 1 unspecified atom stereocenters. The molecular formula is C15H21FN2O3. The minimum atomic E-state index is -0.646. The first-order valence-corrected chi connectivity index (χ1v) is 7.07. The van der Waals surface area contributed by atoms with Crippen LogP contribution in [-0.2, 0) is 16.1 Å². The molecule has 21 heavy (non-hydrogen) atoms. The van der Waals surface area contributed by atoms with E-state index >= 15 is 0 Å². The molecule has 1 fully saturated rings. The molecule has 2 rings (SSSR count). The summed E-state index contributed by atoms with van der Waals surface area (Å²) in [5, 5.41) is 2.95. The van der Waals surface area contributed by atoms with Gasteiger partial charge in [-0.05, 0) is 31.7 Å². The third-order valence-electron chi connectivity index (χ3n) is 3.30. The van der Waals surface area contributed by atoms with Gasteiger partial charge in [0.1, 0.15) is 11.6 Å². The standard InChI is InChI=1S/C15H21FN2O3/c1-11(15(19)18-3-5-20-6-4-18)21-14-8-12(10-17-2)7-13(16)9-14/h7-9,11,17H,3-6,10H2,1-2H3. The molecule has 1 N–H and O–H groups in total. The summed E-state index contributed by atoms with van der Waals surface area (Å²) >= 11 is 0. The molecule has 1 amide bonds. The minimum absolute atomic E-state index is 0.0993. The van der Waals surface area contributed by atoms with Crippen LogP contribution in [0.5, 0.6) is 5.75 Å². The van der Waals surface area contributed by atoms with Gasteiger partial charge < -0.3 is 19.7 Å². The molecule has 1 aliphatic rings. The van der Waals surface area contributed by atoms with Crippen LogP contribution in [0.1, 0.15) is 12.5 Å². The van der Waals surface area contributed by atoms with Crippen LogP contribution in [0.15, 0.2) is 18.2 Å². The van der Waals surface area contributed by atoms with E-state index in [0.717, 1.165) is 5.56 Å². The Balaban J connectivity index is 2.01. The molecule has 1 aromatic rings. The van der Waals surface area contributed by atoms with Crippen molar-refractivity contribution >= 4 is 5.91 Å². The number of morpholine rings is 1. The summed E-state index contributed by atoms with van der Waals surface area (Å²) in [6, 6.07) is 4.47. The van der Waals surface area contributed by atoms with E-state index in [1.165, 1.54) is 12.1 Å². The van der Waals surface area contributed by atoms with Crippen LogP contribution in [0.3, 0.4) is 0 Å². The van der Waals surface area contributed by atoms with E-state index in [4.69, 9.17) is 9.47 Å². The van der Waals surface area contributed by atoms with Crippen molar-refractivity contribution in [2.24, 2.45) is 0 Å². The highest BCUT2D eigenvalue weighted by atomic mass is 19.1.